The molecule has 47 heavy (non-hydrogen) atoms. The number of phosphoric ester groups is 2. The minimum Gasteiger partial charge on any atom is -0.756 e. The van der Waals surface area contributed by atoms with E-state index in [2.05, 4.69) is 43.3 Å². The Bertz CT molecular complexity index is 1690. The zero-order chi connectivity index (χ0) is 32.3. The molecule has 23 nitrogen and oxygen atoms in total. The van der Waals surface area contributed by atoms with E-state index in [9.17, 15) is 39.3 Å². The predicted octanol–water partition coefficient (Wildman–Crippen LogP) is -9.94. The molecule has 6 heterocycles. The number of anilines is 2. The van der Waals surface area contributed by atoms with Gasteiger partial charge in [0.05, 0.1) is 25.9 Å². The number of aliphatic hydroxyl groups is 4. The van der Waals surface area contributed by atoms with E-state index in [1.165, 1.54) is 21.8 Å². The van der Waals surface area contributed by atoms with E-state index in [4.69, 9.17) is 20.9 Å². The number of imidazole rings is 2. The smallest absolute Gasteiger partial charge is 0.756 e. The number of aromatic nitrogens is 8. The van der Waals surface area contributed by atoms with Crippen LogP contribution in [0.5, 0.6) is 0 Å². The van der Waals surface area contributed by atoms with Crippen molar-refractivity contribution in [3.63, 3.8) is 0 Å². The van der Waals surface area contributed by atoms with Gasteiger partial charge < -0.3 is 60.2 Å². The molecule has 6 rings (SSSR count). The fourth-order valence-electron chi connectivity index (χ4n) is 4.80. The quantitative estimate of drug-likeness (QED) is 0.0654. The first-order chi connectivity index (χ1) is 21.3. The summed E-state index contributed by atoms with van der Waals surface area (Å²) in [5, 5.41) is 41.8. The molecular formula is C20H24N10Na2O13P2. The predicted molar refractivity (Wildman–Crippen MR) is 140 cm³/mol. The van der Waals surface area contributed by atoms with Crippen LogP contribution in [0.2, 0.25) is 0 Å². The molecule has 27 heteroatoms. The SMILES string of the molecule is Nc1ncnc2c1ncn2[C@@H]1O[C@H](COP(=O)([O-])OP(=O)([O-])OC[C@H]2O[C@@H](n3cnc4c(N)ncnc43)[C@@H](O)C2O)[C@H](O)C1O.[Na+].[Na+]. The van der Waals surface area contributed by atoms with Crippen molar-refractivity contribution in [1.82, 2.24) is 39.0 Å². The van der Waals surface area contributed by atoms with E-state index in [1.807, 2.05) is 0 Å². The van der Waals surface area contributed by atoms with Gasteiger partial charge in [0, 0.05) is 0 Å². The van der Waals surface area contributed by atoms with Gasteiger partial charge in [-0.15, -0.1) is 0 Å². The molecule has 0 amide bonds. The number of ether oxygens (including phenoxy) is 2. The van der Waals surface area contributed by atoms with Crippen LogP contribution < -0.4 is 80.4 Å². The topological polar surface area (TPSA) is 347 Å². The molecule has 2 aliphatic rings. The molecule has 4 unspecified atom stereocenters. The van der Waals surface area contributed by atoms with Crippen molar-refractivity contribution >= 4 is 49.6 Å². The maximum atomic E-state index is 12.3. The van der Waals surface area contributed by atoms with Crippen molar-refractivity contribution in [2.45, 2.75) is 49.1 Å². The Labute approximate surface area is 307 Å². The van der Waals surface area contributed by atoms with Gasteiger partial charge in [0.15, 0.2) is 35.4 Å². The molecule has 4 aromatic heterocycles. The van der Waals surface area contributed by atoms with Gasteiger partial charge >= 0.3 is 59.1 Å². The van der Waals surface area contributed by atoms with Crippen LogP contribution >= 0.6 is 15.6 Å². The molecule has 0 saturated carbocycles. The molecule has 0 radical (unpaired) electrons. The van der Waals surface area contributed by atoms with Crippen LogP contribution in [0.3, 0.4) is 0 Å². The summed E-state index contributed by atoms with van der Waals surface area (Å²) in [4.78, 5) is 48.3. The molecule has 0 aromatic carbocycles. The third-order valence-corrected chi connectivity index (χ3v) is 9.52. The first-order valence-electron chi connectivity index (χ1n) is 12.8. The number of aliphatic hydroxyl groups excluding tert-OH is 4. The third-order valence-electron chi connectivity index (χ3n) is 6.99. The van der Waals surface area contributed by atoms with Gasteiger partial charge in [0.2, 0.25) is 0 Å². The number of nitrogens with two attached hydrogens (primary N) is 2. The average Bonchev–Trinajstić information content (AvgIpc) is 3.73. The molecule has 244 valence electrons. The van der Waals surface area contributed by atoms with E-state index in [-0.39, 0.29) is 93.1 Å². The molecule has 2 saturated heterocycles. The van der Waals surface area contributed by atoms with Gasteiger partial charge in [-0.25, -0.2) is 34.2 Å². The van der Waals surface area contributed by atoms with Gasteiger partial charge in [-0.2, -0.15) is 0 Å². The molecular weight excluding hydrogens is 696 g/mol. The molecule has 10 atom stereocenters. The van der Waals surface area contributed by atoms with E-state index < -0.39 is 77.9 Å². The van der Waals surface area contributed by atoms with Gasteiger partial charge in [0.1, 0.15) is 60.3 Å². The second-order valence-corrected chi connectivity index (χ2v) is 12.8. The summed E-state index contributed by atoms with van der Waals surface area (Å²) in [7, 11) is -11.4. The summed E-state index contributed by atoms with van der Waals surface area (Å²) in [6.45, 7) is -1.96. The van der Waals surface area contributed by atoms with Crippen LogP contribution in [-0.2, 0) is 32.0 Å². The fraction of sp³-hybridized carbons (Fsp3) is 0.500. The van der Waals surface area contributed by atoms with Crippen molar-refractivity contribution in [2.75, 3.05) is 24.7 Å². The summed E-state index contributed by atoms with van der Waals surface area (Å²) in [6, 6.07) is 0. The third kappa shape index (κ3) is 7.73. The number of fused-ring (bicyclic) bond motifs is 2. The number of nitrogens with zero attached hydrogens (tertiary/aromatic N) is 8. The maximum absolute atomic E-state index is 12.3. The molecule has 0 spiro atoms. The zero-order valence-electron chi connectivity index (χ0n) is 24.4. The van der Waals surface area contributed by atoms with Crippen LogP contribution in [-0.4, -0.2) is 109 Å². The van der Waals surface area contributed by atoms with E-state index in [0.29, 0.717) is 0 Å². The molecule has 8 N–H and O–H groups in total. The minimum atomic E-state index is -5.68. The first kappa shape index (κ1) is 38.5. The number of nitrogen functional groups attached to an aromatic ring is 2. The molecule has 2 aliphatic heterocycles. The van der Waals surface area contributed by atoms with Gasteiger partial charge in [-0.3, -0.25) is 18.3 Å². The average molecular weight is 720 g/mol. The van der Waals surface area contributed by atoms with Crippen molar-refractivity contribution in [3.05, 3.63) is 25.3 Å². The zero-order valence-corrected chi connectivity index (χ0v) is 30.2. The Kier molecular flexibility index (Phi) is 12.2. The Morgan fingerprint density at radius 2 is 1.09 bits per heavy atom. The summed E-state index contributed by atoms with van der Waals surface area (Å²) in [6.07, 6.45) is -7.53. The summed E-state index contributed by atoms with van der Waals surface area (Å²) < 4.78 is 51.4. The fourth-order valence-corrected chi connectivity index (χ4v) is 6.82. The second kappa shape index (κ2) is 14.9. The molecule has 2 fully saturated rings. The van der Waals surface area contributed by atoms with Gasteiger partial charge in [-0.05, 0) is 0 Å². The normalized spacial score (nSPS) is 30.1. The standard InChI is InChI=1S/C20H26N10O13P2.2Na/c21-15-9-17(25-3-23-15)29(5-27-9)19-13(33)11(31)7(41-19)1-39-44(35,36)43-45(37,38)40-2-8-12(32)14(34)20(42-8)30-6-28-10-16(22)24-4-26-18(10)30;;/h3-8,11-14,19-20,31-34H,1-2H2,(H,35,36)(H,37,38)(H2,21,23,25)(H2,22,24,26);;/q;2*+1/p-2/t7-,8-,11+,12?,13?,14+,19-,20-;;/m1../s1. The van der Waals surface area contributed by atoms with Crippen molar-refractivity contribution in [1.29, 1.82) is 0 Å². The van der Waals surface area contributed by atoms with Crippen molar-refractivity contribution in [2.24, 2.45) is 0 Å². The second-order valence-electron chi connectivity index (χ2n) is 9.83. The number of phosphoric acid groups is 2. The summed E-state index contributed by atoms with van der Waals surface area (Å²) in [5.41, 5.74) is 12.1. The largest absolute Gasteiger partial charge is 1.00 e. The summed E-state index contributed by atoms with van der Waals surface area (Å²) in [5.74, 6) is 0.0794. The molecule has 4 aromatic rings. The van der Waals surface area contributed by atoms with Gasteiger partial charge in [-0.1, -0.05) is 0 Å². The maximum Gasteiger partial charge on any atom is 1.00 e. The van der Waals surface area contributed by atoms with Gasteiger partial charge in [0.25, 0.3) is 15.6 Å². The Morgan fingerprint density at radius 1 is 0.702 bits per heavy atom. The van der Waals surface area contributed by atoms with Crippen LogP contribution in [0.15, 0.2) is 25.3 Å². The monoisotopic (exact) mass is 720 g/mol. The Balaban J connectivity index is 0.00000250. The van der Waals surface area contributed by atoms with Crippen LogP contribution in [0.25, 0.3) is 22.3 Å². The van der Waals surface area contributed by atoms with Crippen LogP contribution in [0.1, 0.15) is 12.5 Å². The van der Waals surface area contributed by atoms with E-state index in [1.54, 1.807) is 0 Å². The van der Waals surface area contributed by atoms with Crippen molar-refractivity contribution < 1.29 is 121 Å². The molecule has 0 aliphatic carbocycles. The van der Waals surface area contributed by atoms with E-state index >= 15 is 0 Å². The number of rotatable bonds is 10. The number of hydrogen-bond donors (Lipinski definition) is 6. The Morgan fingerprint density at radius 3 is 1.47 bits per heavy atom. The van der Waals surface area contributed by atoms with Crippen molar-refractivity contribution in [3.8, 4) is 0 Å². The first-order valence-corrected chi connectivity index (χ1v) is 15.7. The molecule has 0 bridgehead atoms. The van der Waals surface area contributed by atoms with Crippen LogP contribution in [0.4, 0.5) is 11.6 Å². The Hall–Kier alpha value is -1.28. The van der Waals surface area contributed by atoms with E-state index in [0.717, 1.165) is 12.7 Å². The number of hydrogen-bond acceptors (Lipinski definition) is 21. The minimum absolute atomic E-state index is 0. The summed E-state index contributed by atoms with van der Waals surface area (Å²) >= 11 is 0. The van der Waals surface area contributed by atoms with Crippen LogP contribution in [0, 0.1) is 0 Å².